The Hall–Kier alpha value is -1.02. The first kappa shape index (κ1) is 13.0. The summed E-state index contributed by atoms with van der Waals surface area (Å²) in [6.07, 6.45) is 4.86. The Morgan fingerprint density at radius 2 is 1.69 bits per heavy atom. The molecule has 0 spiro atoms. The monoisotopic (exact) mass is 220 g/mol. The topological polar surface area (TPSA) is 24.1 Å². The highest BCUT2D eigenvalue weighted by Gasteiger charge is 1.93. The molecule has 0 amide bonds. The lowest BCUT2D eigenvalue weighted by atomic mass is 10.1. The molecule has 2 nitrogen and oxygen atoms in total. The molecule has 0 aromatic heterocycles. The van der Waals surface area contributed by atoms with Crippen LogP contribution in [-0.2, 0) is 6.42 Å². The molecular weight excluding hydrogens is 196 g/mol. The largest absolute Gasteiger partial charge is 0.385 e. The van der Waals surface area contributed by atoms with Gasteiger partial charge in [-0.25, -0.2) is 0 Å². The number of hydrogen-bond donors (Lipinski definition) is 2. The maximum Gasteiger partial charge on any atom is 0.0340 e. The average molecular weight is 220 g/mol. The Kier molecular flexibility index (Phi) is 6.66. The third-order valence-corrected chi connectivity index (χ3v) is 2.68. The maximum absolute atomic E-state index is 3.45. The third kappa shape index (κ3) is 5.17. The van der Waals surface area contributed by atoms with Crippen LogP contribution >= 0.6 is 0 Å². The molecule has 16 heavy (non-hydrogen) atoms. The molecule has 0 saturated carbocycles. The standard InChI is InChI=1S/C14H24N2/c1-3-6-13-7-9-14(10-8-13)16-12-5-4-11-15-2/h7-10,15-16H,3-6,11-12H2,1-2H3. The van der Waals surface area contributed by atoms with Crippen molar-refractivity contribution in [1.29, 1.82) is 0 Å². The van der Waals surface area contributed by atoms with E-state index >= 15 is 0 Å². The maximum atomic E-state index is 3.45. The van der Waals surface area contributed by atoms with Crippen molar-refractivity contribution in [2.75, 3.05) is 25.5 Å². The summed E-state index contributed by atoms with van der Waals surface area (Å²) in [6.45, 7) is 4.39. The van der Waals surface area contributed by atoms with E-state index in [-0.39, 0.29) is 0 Å². The molecule has 2 heteroatoms. The minimum Gasteiger partial charge on any atom is -0.385 e. The van der Waals surface area contributed by atoms with Crippen LogP contribution in [0.4, 0.5) is 5.69 Å². The van der Waals surface area contributed by atoms with Crippen LogP contribution < -0.4 is 10.6 Å². The summed E-state index contributed by atoms with van der Waals surface area (Å²) in [5.41, 5.74) is 2.67. The van der Waals surface area contributed by atoms with Gasteiger partial charge >= 0.3 is 0 Å². The highest BCUT2D eigenvalue weighted by Crippen LogP contribution is 2.10. The predicted octanol–water partition coefficient (Wildman–Crippen LogP) is 3.05. The second-order valence-corrected chi connectivity index (χ2v) is 4.18. The van der Waals surface area contributed by atoms with Gasteiger partial charge in [0.05, 0.1) is 0 Å². The molecule has 0 aliphatic rings. The Labute approximate surface area is 99.5 Å². The molecule has 0 unspecified atom stereocenters. The number of rotatable bonds is 8. The molecule has 0 heterocycles. The molecule has 0 bridgehead atoms. The molecule has 90 valence electrons. The minimum atomic E-state index is 1.06. The van der Waals surface area contributed by atoms with Gasteiger partial charge in [-0.1, -0.05) is 25.5 Å². The van der Waals surface area contributed by atoms with Crippen molar-refractivity contribution < 1.29 is 0 Å². The van der Waals surface area contributed by atoms with Gasteiger partial charge in [0, 0.05) is 12.2 Å². The van der Waals surface area contributed by atoms with Crippen LogP contribution in [0.25, 0.3) is 0 Å². The summed E-state index contributed by atoms with van der Waals surface area (Å²) < 4.78 is 0. The van der Waals surface area contributed by atoms with Gasteiger partial charge in [-0.05, 0) is 50.6 Å². The SMILES string of the molecule is CCCc1ccc(NCCCCNC)cc1. The van der Waals surface area contributed by atoms with Gasteiger partial charge < -0.3 is 10.6 Å². The lowest BCUT2D eigenvalue weighted by Gasteiger charge is -2.07. The van der Waals surface area contributed by atoms with Gasteiger partial charge in [0.1, 0.15) is 0 Å². The molecular formula is C14H24N2. The van der Waals surface area contributed by atoms with Gasteiger partial charge in [0.2, 0.25) is 0 Å². The molecule has 0 saturated heterocycles. The quantitative estimate of drug-likeness (QED) is 0.658. The molecule has 1 aromatic carbocycles. The number of aryl methyl sites for hydroxylation is 1. The van der Waals surface area contributed by atoms with Crippen molar-refractivity contribution in [3.8, 4) is 0 Å². The predicted molar refractivity (Wildman–Crippen MR) is 72.1 cm³/mol. The number of nitrogens with one attached hydrogen (secondary N) is 2. The highest BCUT2D eigenvalue weighted by molar-refractivity contribution is 5.44. The molecule has 0 fully saturated rings. The van der Waals surface area contributed by atoms with E-state index in [1.807, 2.05) is 7.05 Å². The van der Waals surface area contributed by atoms with E-state index in [1.165, 1.54) is 36.9 Å². The Morgan fingerprint density at radius 3 is 2.31 bits per heavy atom. The average Bonchev–Trinajstić information content (AvgIpc) is 2.31. The van der Waals surface area contributed by atoms with Gasteiger partial charge in [0.25, 0.3) is 0 Å². The van der Waals surface area contributed by atoms with Gasteiger partial charge in [-0.15, -0.1) is 0 Å². The molecule has 0 aliphatic carbocycles. The van der Waals surface area contributed by atoms with E-state index in [1.54, 1.807) is 0 Å². The summed E-state index contributed by atoms with van der Waals surface area (Å²) >= 11 is 0. The van der Waals surface area contributed by atoms with E-state index in [0.29, 0.717) is 0 Å². The minimum absolute atomic E-state index is 1.06. The third-order valence-electron chi connectivity index (χ3n) is 2.68. The van der Waals surface area contributed by atoms with Crippen LogP contribution in [0.5, 0.6) is 0 Å². The van der Waals surface area contributed by atoms with E-state index in [4.69, 9.17) is 0 Å². The summed E-state index contributed by atoms with van der Waals surface area (Å²) in [6, 6.07) is 8.81. The van der Waals surface area contributed by atoms with Gasteiger partial charge in [-0.2, -0.15) is 0 Å². The van der Waals surface area contributed by atoms with Crippen LogP contribution in [0, 0.1) is 0 Å². The lowest BCUT2D eigenvalue weighted by molar-refractivity contribution is 0.694. The fraction of sp³-hybridized carbons (Fsp3) is 0.571. The number of hydrogen-bond acceptors (Lipinski definition) is 2. The van der Waals surface area contributed by atoms with Crippen molar-refractivity contribution in [2.24, 2.45) is 0 Å². The molecule has 1 rings (SSSR count). The summed E-state index contributed by atoms with van der Waals surface area (Å²) in [7, 11) is 2.00. The zero-order valence-electron chi connectivity index (χ0n) is 10.6. The lowest BCUT2D eigenvalue weighted by Crippen LogP contribution is -2.10. The Morgan fingerprint density at radius 1 is 1.00 bits per heavy atom. The molecule has 0 radical (unpaired) electrons. The van der Waals surface area contributed by atoms with Crippen molar-refractivity contribution in [3.63, 3.8) is 0 Å². The van der Waals surface area contributed by atoms with Crippen molar-refractivity contribution in [2.45, 2.75) is 32.6 Å². The van der Waals surface area contributed by atoms with Crippen LogP contribution in [-0.4, -0.2) is 20.1 Å². The van der Waals surface area contributed by atoms with E-state index in [0.717, 1.165) is 13.1 Å². The van der Waals surface area contributed by atoms with Crippen molar-refractivity contribution in [3.05, 3.63) is 29.8 Å². The zero-order chi connectivity index (χ0) is 11.6. The van der Waals surface area contributed by atoms with Gasteiger partial charge in [0.15, 0.2) is 0 Å². The molecule has 2 N–H and O–H groups in total. The number of anilines is 1. The number of benzene rings is 1. The first-order valence-corrected chi connectivity index (χ1v) is 6.34. The Balaban J connectivity index is 2.21. The fourth-order valence-corrected chi connectivity index (χ4v) is 1.74. The van der Waals surface area contributed by atoms with Crippen LogP contribution in [0.2, 0.25) is 0 Å². The second kappa shape index (κ2) is 8.17. The van der Waals surface area contributed by atoms with Gasteiger partial charge in [-0.3, -0.25) is 0 Å². The highest BCUT2D eigenvalue weighted by atomic mass is 14.9. The summed E-state index contributed by atoms with van der Waals surface area (Å²) in [4.78, 5) is 0. The second-order valence-electron chi connectivity index (χ2n) is 4.18. The van der Waals surface area contributed by atoms with Crippen LogP contribution in [0.1, 0.15) is 31.7 Å². The van der Waals surface area contributed by atoms with E-state index in [9.17, 15) is 0 Å². The van der Waals surface area contributed by atoms with Crippen LogP contribution in [0.15, 0.2) is 24.3 Å². The van der Waals surface area contributed by atoms with Crippen molar-refractivity contribution >= 4 is 5.69 Å². The van der Waals surface area contributed by atoms with E-state index in [2.05, 4.69) is 41.8 Å². The summed E-state index contributed by atoms with van der Waals surface area (Å²) in [5, 5.41) is 6.61. The van der Waals surface area contributed by atoms with Crippen LogP contribution in [0.3, 0.4) is 0 Å². The first-order valence-electron chi connectivity index (χ1n) is 6.34. The normalized spacial score (nSPS) is 10.4. The summed E-state index contributed by atoms with van der Waals surface area (Å²) in [5.74, 6) is 0. The fourth-order valence-electron chi connectivity index (χ4n) is 1.74. The Bertz CT molecular complexity index is 267. The van der Waals surface area contributed by atoms with E-state index < -0.39 is 0 Å². The zero-order valence-corrected chi connectivity index (χ0v) is 10.6. The number of unbranched alkanes of at least 4 members (excludes halogenated alkanes) is 1. The smallest absolute Gasteiger partial charge is 0.0340 e. The first-order chi connectivity index (χ1) is 7.86. The van der Waals surface area contributed by atoms with Crippen molar-refractivity contribution in [1.82, 2.24) is 5.32 Å². The molecule has 1 aromatic rings. The molecule has 0 atom stereocenters. The molecule has 0 aliphatic heterocycles.